The van der Waals surface area contributed by atoms with Gasteiger partial charge in [0.1, 0.15) is 5.75 Å². The molecule has 0 spiro atoms. The number of ether oxygens (including phenoxy) is 2. The van der Waals surface area contributed by atoms with Crippen molar-refractivity contribution in [2.24, 2.45) is 5.41 Å². The van der Waals surface area contributed by atoms with Gasteiger partial charge in [0, 0.05) is 19.6 Å². The summed E-state index contributed by atoms with van der Waals surface area (Å²) >= 11 is 0. The third kappa shape index (κ3) is 4.23. The van der Waals surface area contributed by atoms with Gasteiger partial charge in [-0.05, 0) is 36.0 Å². The molecule has 2 rings (SSSR count). The van der Waals surface area contributed by atoms with E-state index in [0.717, 1.165) is 31.8 Å². The molecule has 122 valence electrons. The Labute approximate surface area is 133 Å². The highest BCUT2D eigenvalue weighted by molar-refractivity contribution is 5.70. The van der Waals surface area contributed by atoms with Crippen LogP contribution in [0, 0.1) is 5.41 Å². The Bertz CT molecular complexity index is 525. The fourth-order valence-electron chi connectivity index (χ4n) is 3.22. The average Bonchev–Trinajstić information content (AvgIpc) is 2.45. The highest BCUT2D eigenvalue weighted by Gasteiger charge is 2.28. The molecule has 1 aromatic carbocycles. The van der Waals surface area contributed by atoms with Crippen molar-refractivity contribution in [1.82, 2.24) is 4.90 Å². The van der Waals surface area contributed by atoms with E-state index in [4.69, 9.17) is 9.47 Å². The highest BCUT2D eigenvalue weighted by Crippen LogP contribution is 2.30. The number of nitrogens with zero attached hydrogens (tertiary/aromatic N) is 1. The Morgan fingerprint density at radius 2 is 2.14 bits per heavy atom. The summed E-state index contributed by atoms with van der Waals surface area (Å²) in [5.41, 5.74) is 2.57. The fraction of sp³-hybridized carbons (Fsp3) is 0.611. The summed E-state index contributed by atoms with van der Waals surface area (Å²) in [6.07, 6.45) is 1.46. The second-order valence-electron chi connectivity index (χ2n) is 6.70. The van der Waals surface area contributed by atoms with Gasteiger partial charge < -0.3 is 9.47 Å². The van der Waals surface area contributed by atoms with Crippen LogP contribution < -0.4 is 4.74 Å². The lowest BCUT2D eigenvalue weighted by Crippen LogP contribution is -2.39. The SMILES string of the molecule is CCOC(=O)CC(C)(C)CN1CCc2c(cccc2OC)C1. The highest BCUT2D eigenvalue weighted by atomic mass is 16.5. The Kier molecular flexibility index (Phi) is 5.46. The van der Waals surface area contributed by atoms with Gasteiger partial charge in [-0.1, -0.05) is 26.0 Å². The van der Waals surface area contributed by atoms with E-state index in [-0.39, 0.29) is 11.4 Å². The summed E-state index contributed by atoms with van der Waals surface area (Å²) in [7, 11) is 1.73. The van der Waals surface area contributed by atoms with E-state index in [2.05, 4.69) is 24.8 Å². The van der Waals surface area contributed by atoms with Crippen molar-refractivity contribution >= 4 is 5.97 Å². The predicted molar refractivity (Wildman–Crippen MR) is 87.0 cm³/mol. The molecule has 22 heavy (non-hydrogen) atoms. The maximum Gasteiger partial charge on any atom is 0.306 e. The van der Waals surface area contributed by atoms with E-state index in [1.165, 1.54) is 11.1 Å². The van der Waals surface area contributed by atoms with Crippen molar-refractivity contribution in [2.75, 3.05) is 26.8 Å². The fourth-order valence-corrected chi connectivity index (χ4v) is 3.22. The van der Waals surface area contributed by atoms with E-state index in [0.29, 0.717) is 13.0 Å². The van der Waals surface area contributed by atoms with Gasteiger partial charge in [-0.2, -0.15) is 0 Å². The average molecular weight is 305 g/mol. The molecule has 4 heteroatoms. The second-order valence-corrected chi connectivity index (χ2v) is 6.70. The van der Waals surface area contributed by atoms with E-state index < -0.39 is 0 Å². The molecule has 0 bridgehead atoms. The van der Waals surface area contributed by atoms with Crippen LogP contribution in [-0.4, -0.2) is 37.7 Å². The van der Waals surface area contributed by atoms with Crippen molar-refractivity contribution in [2.45, 2.75) is 40.2 Å². The van der Waals surface area contributed by atoms with Crippen molar-refractivity contribution in [1.29, 1.82) is 0 Å². The lowest BCUT2D eigenvalue weighted by molar-refractivity contribution is -0.145. The van der Waals surface area contributed by atoms with Crippen LogP contribution in [0.2, 0.25) is 0 Å². The largest absolute Gasteiger partial charge is 0.496 e. The molecule has 0 N–H and O–H groups in total. The Balaban J connectivity index is 1.99. The van der Waals surface area contributed by atoms with Gasteiger partial charge in [0.25, 0.3) is 0 Å². The van der Waals surface area contributed by atoms with Gasteiger partial charge in [-0.25, -0.2) is 0 Å². The van der Waals surface area contributed by atoms with Crippen molar-refractivity contribution in [3.8, 4) is 5.75 Å². The number of methoxy groups -OCH3 is 1. The molecule has 1 aliphatic rings. The lowest BCUT2D eigenvalue weighted by Gasteiger charge is -2.35. The van der Waals surface area contributed by atoms with Crippen LogP contribution in [0.15, 0.2) is 18.2 Å². The predicted octanol–water partition coefficient (Wildman–Crippen LogP) is 3.03. The molecule has 0 fully saturated rings. The molecule has 1 aromatic rings. The summed E-state index contributed by atoms with van der Waals surface area (Å²) < 4.78 is 10.5. The summed E-state index contributed by atoms with van der Waals surface area (Å²) in [5, 5.41) is 0. The standard InChI is InChI=1S/C18H27NO3/c1-5-22-17(20)11-18(2,3)13-19-10-9-15-14(12-19)7-6-8-16(15)21-4/h6-8H,5,9-13H2,1-4H3. The maximum absolute atomic E-state index is 11.7. The molecular formula is C18H27NO3. The van der Waals surface area contributed by atoms with Crippen LogP contribution in [0.3, 0.4) is 0 Å². The van der Waals surface area contributed by atoms with Gasteiger partial charge in [-0.15, -0.1) is 0 Å². The summed E-state index contributed by atoms with van der Waals surface area (Å²) in [4.78, 5) is 14.1. The minimum Gasteiger partial charge on any atom is -0.496 e. The van der Waals surface area contributed by atoms with Crippen LogP contribution in [0.4, 0.5) is 0 Å². The number of hydrogen-bond acceptors (Lipinski definition) is 4. The van der Waals surface area contributed by atoms with Crippen LogP contribution in [0.5, 0.6) is 5.75 Å². The second kappa shape index (κ2) is 7.14. The third-order valence-corrected chi connectivity index (χ3v) is 4.10. The first-order valence-electron chi connectivity index (χ1n) is 7.98. The van der Waals surface area contributed by atoms with E-state index in [1.807, 2.05) is 19.1 Å². The molecule has 0 amide bonds. The maximum atomic E-state index is 11.7. The molecule has 0 radical (unpaired) electrons. The van der Waals surface area contributed by atoms with Crippen LogP contribution in [-0.2, 0) is 22.5 Å². The smallest absolute Gasteiger partial charge is 0.306 e. The zero-order chi connectivity index (χ0) is 16.2. The van der Waals surface area contributed by atoms with E-state index in [9.17, 15) is 4.79 Å². The molecule has 1 heterocycles. The number of carbonyl (C=O) groups excluding carboxylic acids is 1. The Morgan fingerprint density at radius 3 is 2.82 bits per heavy atom. The molecular weight excluding hydrogens is 278 g/mol. The number of rotatable bonds is 6. The summed E-state index contributed by atoms with van der Waals surface area (Å²) in [6.45, 7) is 9.36. The van der Waals surface area contributed by atoms with Crippen molar-refractivity contribution in [3.63, 3.8) is 0 Å². The molecule has 0 unspecified atom stereocenters. The van der Waals surface area contributed by atoms with E-state index in [1.54, 1.807) is 7.11 Å². The first-order chi connectivity index (χ1) is 10.4. The number of esters is 1. The van der Waals surface area contributed by atoms with Crippen molar-refractivity contribution in [3.05, 3.63) is 29.3 Å². The van der Waals surface area contributed by atoms with Gasteiger partial charge in [0.15, 0.2) is 0 Å². The monoisotopic (exact) mass is 305 g/mol. The minimum absolute atomic E-state index is 0.0807. The first kappa shape index (κ1) is 16.8. The van der Waals surface area contributed by atoms with E-state index >= 15 is 0 Å². The quantitative estimate of drug-likeness (QED) is 0.757. The van der Waals surface area contributed by atoms with Gasteiger partial charge >= 0.3 is 5.97 Å². The molecule has 0 atom stereocenters. The normalized spacial score (nSPS) is 15.3. The number of benzene rings is 1. The molecule has 0 aromatic heterocycles. The Morgan fingerprint density at radius 1 is 1.36 bits per heavy atom. The zero-order valence-electron chi connectivity index (χ0n) is 14.1. The van der Waals surface area contributed by atoms with Crippen LogP contribution >= 0.6 is 0 Å². The lowest BCUT2D eigenvalue weighted by atomic mass is 9.87. The number of carbonyl (C=O) groups is 1. The van der Waals surface area contributed by atoms with Gasteiger partial charge in [0.2, 0.25) is 0 Å². The molecule has 0 aliphatic carbocycles. The van der Waals surface area contributed by atoms with Crippen molar-refractivity contribution < 1.29 is 14.3 Å². The van der Waals surface area contributed by atoms with Gasteiger partial charge in [-0.3, -0.25) is 9.69 Å². The molecule has 0 saturated carbocycles. The Hall–Kier alpha value is -1.55. The summed E-state index contributed by atoms with van der Waals surface area (Å²) in [5.74, 6) is 0.884. The topological polar surface area (TPSA) is 38.8 Å². The molecule has 1 aliphatic heterocycles. The van der Waals surface area contributed by atoms with Crippen LogP contribution in [0.25, 0.3) is 0 Å². The minimum atomic E-state index is -0.105. The molecule has 4 nitrogen and oxygen atoms in total. The number of hydrogen-bond donors (Lipinski definition) is 0. The van der Waals surface area contributed by atoms with Gasteiger partial charge in [0.05, 0.1) is 20.1 Å². The third-order valence-electron chi connectivity index (χ3n) is 4.10. The zero-order valence-corrected chi connectivity index (χ0v) is 14.1. The molecule has 0 saturated heterocycles. The number of fused-ring (bicyclic) bond motifs is 1. The first-order valence-corrected chi connectivity index (χ1v) is 7.98. The van der Waals surface area contributed by atoms with Crippen LogP contribution in [0.1, 0.15) is 38.3 Å². The summed E-state index contributed by atoms with van der Waals surface area (Å²) in [6, 6.07) is 6.24.